The number of nitriles is 1. The second kappa shape index (κ2) is 19.6. The van der Waals surface area contributed by atoms with E-state index in [1.165, 1.54) is 73.8 Å². The largest absolute Gasteiger partial charge is 0.504 e. The van der Waals surface area contributed by atoms with Gasteiger partial charge in [0.15, 0.2) is 34.5 Å². The van der Waals surface area contributed by atoms with Gasteiger partial charge in [0.1, 0.15) is 11.6 Å². The lowest BCUT2D eigenvalue weighted by atomic mass is 10.1. The third kappa shape index (κ3) is 10.1. The van der Waals surface area contributed by atoms with E-state index in [0.717, 1.165) is 18.7 Å². The summed E-state index contributed by atoms with van der Waals surface area (Å²) in [6.45, 7) is 1.78. The number of nitrogens with one attached hydrogen (secondary N) is 5. The topological polar surface area (TPSA) is 284 Å². The van der Waals surface area contributed by atoms with Crippen LogP contribution in [0.2, 0.25) is 0 Å². The first-order valence-electron chi connectivity index (χ1n) is 18.9. The van der Waals surface area contributed by atoms with E-state index in [9.17, 15) is 49.3 Å². The number of aromatic carboxylic acids is 1. The monoisotopic (exact) mass is 870 g/mol. The third-order valence-electron chi connectivity index (χ3n) is 9.52. The maximum atomic E-state index is 13.2. The van der Waals surface area contributed by atoms with Gasteiger partial charge in [-0.1, -0.05) is 6.07 Å². The quantitative estimate of drug-likeness (QED) is 0.0583. The van der Waals surface area contributed by atoms with Crippen LogP contribution >= 0.6 is 0 Å². The SMILES string of the molecule is COc1c(NC(=O)c2ccc(NC(=O)c3ccc(NC(=O)C(CC#N)NC(=O)c4ccc(NC(=O)C(C)=Cc5ccc6c(c5)OCO6)cc4)cc3)c(OC)c2O)ccc(C(=O)O)c1O. The molecule has 0 fully saturated rings. The summed E-state index contributed by atoms with van der Waals surface area (Å²) in [5, 5.41) is 52.8. The molecule has 0 aromatic heterocycles. The normalized spacial score (nSPS) is 11.9. The molecule has 5 aromatic rings. The van der Waals surface area contributed by atoms with Crippen LogP contribution in [0.5, 0.6) is 34.5 Å². The molecule has 19 heteroatoms. The van der Waals surface area contributed by atoms with E-state index < -0.39 is 52.7 Å². The molecule has 0 saturated carbocycles. The minimum atomic E-state index is -1.43. The van der Waals surface area contributed by atoms with Gasteiger partial charge >= 0.3 is 5.97 Å². The number of carboxylic acid groups (broad SMARTS) is 1. The zero-order valence-corrected chi connectivity index (χ0v) is 34.1. The number of phenolic OH excluding ortho intramolecular Hbond substituents is 1. The highest BCUT2D eigenvalue weighted by atomic mass is 16.7. The molecule has 0 bridgehead atoms. The number of methoxy groups -OCH3 is 2. The second-order valence-electron chi connectivity index (χ2n) is 13.7. The van der Waals surface area contributed by atoms with Gasteiger partial charge in [-0.2, -0.15) is 5.26 Å². The van der Waals surface area contributed by atoms with E-state index in [2.05, 4.69) is 26.6 Å². The number of rotatable bonds is 15. The fourth-order valence-electron chi connectivity index (χ4n) is 6.22. The molecule has 1 unspecified atom stereocenters. The van der Waals surface area contributed by atoms with Gasteiger partial charge < -0.3 is 60.9 Å². The van der Waals surface area contributed by atoms with Crippen LogP contribution in [0.3, 0.4) is 0 Å². The number of phenols is 2. The number of carboxylic acids is 1. The van der Waals surface area contributed by atoms with Gasteiger partial charge in [-0.3, -0.25) is 24.0 Å². The molecule has 1 atom stereocenters. The average Bonchev–Trinajstić information content (AvgIpc) is 3.75. The summed E-state index contributed by atoms with van der Waals surface area (Å²) in [6, 6.07) is 22.2. The second-order valence-corrected chi connectivity index (χ2v) is 13.7. The Balaban J connectivity index is 1.04. The molecule has 19 nitrogen and oxygen atoms in total. The third-order valence-corrected chi connectivity index (χ3v) is 9.52. The fraction of sp³-hybridized carbons (Fsp3) is 0.133. The van der Waals surface area contributed by atoms with Crippen molar-refractivity contribution >= 4 is 64.3 Å². The zero-order valence-electron chi connectivity index (χ0n) is 34.1. The first-order chi connectivity index (χ1) is 30.7. The molecule has 6 rings (SSSR count). The molecule has 0 spiro atoms. The van der Waals surface area contributed by atoms with Crippen LogP contribution in [0.1, 0.15) is 60.3 Å². The van der Waals surface area contributed by atoms with Crippen molar-refractivity contribution < 1.29 is 63.0 Å². The van der Waals surface area contributed by atoms with Gasteiger partial charge in [0.05, 0.1) is 43.6 Å². The van der Waals surface area contributed by atoms with Crippen molar-refractivity contribution in [3.8, 4) is 40.6 Å². The van der Waals surface area contributed by atoms with Gasteiger partial charge in [0, 0.05) is 28.1 Å². The van der Waals surface area contributed by atoms with Crippen molar-refractivity contribution in [1.82, 2.24) is 5.32 Å². The van der Waals surface area contributed by atoms with Crippen molar-refractivity contribution in [3.05, 3.63) is 124 Å². The highest BCUT2D eigenvalue weighted by Gasteiger charge is 2.25. The van der Waals surface area contributed by atoms with Gasteiger partial charge in [0.25, 0.3) is 23.6 Å². The molecule has 1 aliphatic heterocycles. The average molecular weight is 871 g/mol. The molecule has 1 heterocycles. The van der Waals surface area contributed by atoms with Gasteiger partial charge in [-0.05, 0) is 103 Å². The Morgan fingerprint density at radius 2 is 1.25 bits per heavy atom. The van der Waals surface area contributed by atoms with Gasteiger partial charge in [-0.25, -0.2) is 4.79 Å². The summed E-state index contributed by atoms with van der Waals surface area (Å²) in [5.74, 6) is -5.49. The highest BCUT2D eigenvalue weighted by Crippen LogP contribution is 2.41. The lowest BCUT2D eigenvalue weighted by Gasteiger charge is -2.17. The number of fused-ring (bicyclic) bond motifs is 1. The van der Waals surface area contributed by atoms with Crippen molar-refractivity contribution in [1.29, 1.82) is 5.26 Å². The fourth-order valence-corrected chi connectivity index (χ4v) is 6.22. The molecule has 1 aliphatic rings. The van der Waals surface area contributed by atoms with Gasteiger partial charge in [0.2, 0.25) is 12.7 Å². The number of aromatic hydroxyl groups is 2. The number of ether oxygens (including phenoxy) is 4. The molecular formula is C45H38N6O13. The molecule has 0 saturated heterocycles. The molecule has 8 N–H and O–H groups in total. The summed E-state index contributed by atoms with van der Waals surface area (Å²) >= 11 is 0. The molecule has 0 aliphatic carbocycles. The smallest absolute Gasteiger partial charge is 0.339 e. The lowest BCUT2D eigenvalue weighted by Crippen LogP contribution is -2.43. The van der Waals surface area contributed by atoms with E-state index >= 15 is 0 Å². The van der Waals surface area contributed by atoms with E-state index in [1.807, 2.05) is 6.07 Å². The van der Waals surface area contributed by atoms with Crippen molar-refractivity contribution in [2.75, 3.05) is 42.3 Å². The predicted octanol–water partition coefficient (Wildman–Crippen LogP) is 5.74. The Hall–Kier alpha value is -9.05. The Morgan fingerprint density at radius 3 is 1.84 bits per heavy atom. The molecule has 5 aromatic carbocycles. The maximum absolute atomic E-state index is 13.2. The number of anilines is 4. The Bertz CT molecular complexity index is 2750. The van der Waals surface area contributed by atoms with Gasteiger partial charge in [-0.15, -0.1) is 0 Å². The number of benzene rings is 5. The molecule has 5 amide bonds. The van der Waals surface area contributed by atoms with Crippen LogP contribution < -0.4 is 45.5 Å². The predicted molar refractivity (Wildman–Crippen MR) is 230 cm³/mol. The van der Waals surface area contributed by atoms with Crippen LogP contribution in [-0.2, 0) is 9.59 Å². The first-order valence-corrected chi connectivity index (χ1v) is 18.9. The number of amides is 5. The van der Waals surface area contributed by atoms with E-state index in [0.29, 0.717) is 22.8 Å². The number of hydrogen-bond acceptors (Lipinski definition) is 13. The maximum Gasteiger partial charge on any atom is 0.339 e. The highest BCUT2D eigenvalue weighted by molar-refractivity contribution is 6.11. The molecule has 326 valence electrons. The minimum Gasteiger partial charge on any atom is -0.504 e. The molecule has 0 radical (unpaired) electrons. The Kier molecular flexibility index (Phi) is 13.6. The van der Waals surface area contributed by atoms with Crippen LogP contribution in [0.25, 0.3) is 6.08 Å². The first kappa shape index (κ1) is 44.5. The minimum absolute atomic E-state index is 0.0180. The number of carbonyl (C=O) groups is 6. The zero-order chi connectivity index (χ0) is 46.1. The number of carbonyl (C=O) groups excluding carboxylic acids is 5. The molecular weight excluding hydrogens is 833 g/mol. The van der Waals surface area contributed by atoms with E-state index in [-0.39, 0.29) is 64.4 Å². The van der Waals surface area contributed by atoms with E-state index in [1.54, 1.807) is 31.2 Å². The van der Waals surface area contributed by atoms with Crippen LogP contribution in [-0.4, -0.2) is 77.9 Å². The van der Waals surface area contributed by atoms with Crippen molar-refractivity contribution in [2.24, 2.45) is 0 Å². The standard InChI is InChI=1S/C45H38N6O13/c1-23(20-24-4-17-34-35(21-24)64-22-63-34)40(54)47-27-9-5-26(6-10-27)42(56)51-33(18-19-46)44(58)48-28-11-7-25(8-12-28)41(55)49-31-15-13-29(36(52)38(31)61-2)43(57)50-32-16-14-30(45(59)60)37(53)39(32)62-3/h4-17,20-21,33,52-53H,18,22H2,1-3H3,(H,47,54)(H,48,58)(H,49,55)(H,50,57)(H,51,56)(H,59,60). The van der Waals surface area contributed by atoms with Crippen LogP contribution in [0, 0.1) is 11.3 Å². The van der Waals surface area contributed by atoms with Crippen LogP contribution in [0.15, 0.2) is 96.6 Å². The molecule has 64 heavy (non-hydrogen) atoms. The summed E-state index contributed by atoms with van der Waals surface area (Å²) < 4.78 is 21.0. The summed E-state index contributed by atoms with van der Waals surface area (Å²) in [6.07, 6.45) is 1.32. The van der Waals surface area contributed by atoms with Crippen molar-refractivity contribution in [3.63, 3.8) is 0 Å². The summed E-state index contributed by atoms with van der Waals surface area (Å²) in [7, 11) is 2.35. The van der Waals surface area contributed by atoms with Crippen LogP contribution in [0.4, 0.5) is 22.7 Å². The Morgan fingerprint density at radius 1 is 0.703 bits per heavy atom. The summed E-state index contributed by atoms with van der Waals surface area (Å²) in [4.78, 5) is 76.8. The number of hydrogen-bond donors (Lipinski definition) is 8. The Labute approximate surface area is 363 Å². The summed E-state index contributed by atoms with van der Waals surface area (Å²) in [5.41, 5.74) is 1.18. The lowest BCUT2D eigenvalue weighted by molar-refractivity contribution is -0.118. The van der Waals surface area contributed by atoms with Crippen molar-refractivity contribution in [2.45, 2.75) is 19.4 Å². The number of nitrogens with zero attached hydrogens (tertiary/aromatic N) is 1. The van der Waals surface area contributed by atoms with E-state index in [4.69, 9.17) is 18.9 Å².